The van der Waals surface area contributed by atoms with Gasteiger partial charge in [0, 0.05) is 24.6 Å². The lowest BCUT2D eigenvalue weighted by Crippen LogP contribution is -2.34. The largest absolute Gasteiger partial charge is 0.354 e. The van der Waals surface area contributed by atoms with Gasteiger partial charge in [0.05, 0.1) is 0 Å². The highest BCUT2D eigenvalue weighted by Crippen LogP contribution is 2.09. The Balaban J connectivity index is 2.45. The van der Waals surface area contributed by atoms with Gasteiger partial charge in [-0.25, -0.2) is 4.39 Å². The summed E-state index contributed by atoms with van der Waals surface area (Å²) >= 11 is 0. The average Bonchev–Trinajstić information content (AvgIpc) is 2.27. The second-order valence-electron chi connectivity index (χ2n) is 4.69. The van der Waals surface area contributed by atoms with Crippen molar-refractivity contribution in [1.29, 1.82) is 0 Å². The van der Waals surface area contributed by atoms with Crippen molar-refractivity contribution in [1.82, 2.24) is 10.6 Å². The first-order chi connectivity index (χ1) is 8.90. The molecule has 0 aliphatic carbocycles. The van der Waals surface area contributed by atoms with E-state index in [9.17, 15) is 14.0 Å². The van der Waals surface area contributed by atoms with Crippen LogP contribution in [0, 0.1) is 12.7 Å². The van der Waals surface area contributed by atoms with Crippen molar-refractivity contribution in [2.75, 3.05) is 6.54 Å². The van der Waals surface area contributed by atoms with Crippen LogP contribution in [0.15, 0.2) is 18.2 Å². The van der Waals surface area contributed by atoms with Crippen molar-refractivity contribution >= 4 is 11.8 Å². The van der Waals surface area contributed by atoms with E-state index in [0.717, 1.165) is 0 Å². The molecule has 1 aromatic rings. The Morgan fingerprint density at radius 3 is 2.58 bits per heavy atom. The van der Waals surface area contributed by atoms with Crippen molar-refractivity contribution in [3.63, 3.8) is 0 Å². The molecule has 2 amide bonds. The third kappa shape index (κ3) is 5.07. The maximum Gasteiger partial charge on any atom is 0.251 e. The molecule has 1 rings (SSSR count). The molecule has 0 radical (unpaired) electrons. The second-order valence-corrected chi connectivity index (χ2v) is 4.69. The van der Waals surface area contributed by atoms with Crippen LogP contribution < -0.4 is 10.6 Å². The molecule has 4 nitrogen and oxygen atoms in total. The van der Waals surface area contributed by atoms with E-state index in [2.05, 4.69) is 10.6 Å². The van der Waals surface area contributed by atoms with Gasteiger partial charge in [-0.3, -0.25) is 9.59 Å². The summed E-state index contributed by atoms with van der Waals surface area (Å²) in [6.07, 6.45) is 0.226. The molecule has 0 saturated carbocycles. The van der Waals surface area contributed by atoms with Crippen LogP contribution in [0.1, 0.15) is 36.2 Å². The van der Waals surface area contributed by atoms with Crippen LogP contribution >= 0.6 is 0 Å². The van der Waals surface area contributed by atoms with E-state index in [4.69, 9.17) is 0 Å². The second kappa shape index (κ2) is 6.87. The molecule has 0 aliphatic rings. The minimum absolute atomic E-state index is 0.0857. The maximum atomic E-state index is 12.9. The molecule has 0 saturated heterocycles. The van der Waals surface area contributed by atoms with Crippen LogP contribution in [-0.4, -0.2) is 24.4 Å². The summed E-state index contributed by atoms with van der Waals surface area (Å²) in [5.41, 5.74) is 0.995. The summed E-state index contributed by atoms with van der Waals surface area (Å²) in [7, 11) is 0. The Bertz CT molecular complexity index is 473. The van der Waals surface area contributed by atoms with Crippen LogP contribution in [0.3, 0.4) is 0 Å². The van der Waals surface area contributed by atoms with Gasteiger partial charge in [-0.15, -0.1) is 0 Å². The Morgan fingerprint density at radius 1 is 1.32 bits per heavy atom. The zero-order chi connectivity index (χ0) is 14.4. The summed E-state index contributed by atoms with van der Waals surface area (Å²) in [6.45, 7) is 5.67. The third-order valence-corrected chi connectivity index (χ3v) is 2.52. The fraction of sp³-hybridized carbons (Fsp3) is 0.429. The number of hydrogen-bond acceptors (Lipinski definition) is 2. The third-order valence-electron chi connectivity index (χ3n) is 2.52. The van der Waals surface area contributed by atoms with E-state index >= 15 is 0 Å². The van der Waals surface area contributed by atoms with Gasteiger partial charge in [-0.2, -0.15) is 0 Å². The molecule has 104 valence electrons. The average molecular weight is 266 g/mol. The van der Waals surface area contributed by atoms with Gasteiger partial charge >= 0.3 is 0 Å². The topological polar surface area (TPSA) is 58.2 Å². The number of carbonyl (C=O) groups excluding carboxylic acids is 2. The molecule has 0 fully saturated rings. The predicted molar refractivity (Wildman–Crippen MR) is 71.4 cm³/mol. The molecular formula is C14H19FN2O2. The SMILES string of the molecule is Cc1cc(F)ccc1C(=O)NCCC(=O)NC(C)C. The van der Waals surface area contributed by atoms with E-state index in [1.54, 1.807) is 6.92 Å². The highest BCUT2D eigenvalue weighted by atomic mass is 19.1. The molecule has 0 aliphatic heterocycles. The van der Waals surface area contributed by atoms with E-state index in [-0.39, 0.29) is 36.6 Å². The lowest BCUT2D eigenvalue weighted by Gasteiger charge is -2.10. The summed E-state index contributed by atoms with van der Waals surface area (Å²) in [6, 6.07) is 4.07. The number of carbonyl (C=O) groups is 2. The molecule has 5 heteroatoms. The lowest BCUT2D eigenvalue weighted by atomic mass is 10.1. The number of benzene rings is 1. The summed E-state index contributed by atoms with van der Waals surface area (Å²) in [4.78, 5) is 23.2. The number of halogens is 1. The van der Waals surface area contributed by atoms with Crippen LogP contribution in [0.4, 0.5) is 4.39 Å². The molecule has 1 aromatic carbocycles. The fourth-order valence-electron chi connectivity index (χ4n) is 1.66. The first-order valence-electron chi connectivity index (χ1n) is 6.24. The highest BCUT2D eigenvalue weighted by molar-refractivity contribution is 5.95. The minimum Gasteiger partial charge on any atom is -0.354 e. The van der Waals surface area contributed by atoms with E-state index < -0.39 is 0 Å². The zero-order valence-electron chi connectivity index (χ0n) is 11.4. The highest BCUT2D eigenvalue weighted by Gasteiger charge is 2.10. The van der Waals surface area contributed by atoms with Crippen molar-refractivity contribution < 1.29 is 14.0 Å². The first kappa shape index (κ1) is 15.1. The standard InChI is InChI=1S/C14H19FN2O2/c1-9(2)17-13(18)6-7-16-14(19)12-5-4-11(15)8-10(12)3/h4-5,8-9H,6-7H2,1-3H3,(H,16,19)(H,17,18). The monoisotopic (exact) mass is 266 g/mol. The number of aryl methyl sites for hydroxylation is 1. The Kier molecular flexibility index (Phi) is 5.48. The van der Waals surface area contributed by atoms with Crippen LogP contribution in [-0.2, 0) is 4.79 Å². The fourth-order valence-corrected chi connectivity index (χ4v) is 1.66. The van der Waals surface area contributed by atoms with E-state index in [0.29, 0.717) is 11.1 Å². The molecule has 0 unspecified atom stereocenters. The van der Waals surface area contributed by atoms with Crippen LogP contribution in [0.5, 0.6) is 0 Å². The molecule has 0 heterocycles. The van der Waals surface area contributed by atoms with Gasteiger partial charge in [0.15, 0.2) is 0 Å². The number of amides is 2. The van der Waals surface area contributed by atoms with Gasteiger partial charge in [0.2, 0.25) is 5.91 Å². The van der Waals surface area contributed by atoms with Gasteiger partial charge in [-0.05, 0) is 44.5 Å². The van der Waals surface area contributed by atoms with Gasteiger partial charge in [-0.1, -0.05) is 0 Å². The first-order valence-corrected chi connectivity index (χ1v) is 6.24. The lowest BCUT2D eigenvalue weighted by molar-refractivity contribution is -0.121. The van der Waals surface area contributed by atoms with Crippen LogP contribution in [0.2, 0.25) is 0 Å². The predicted octanol–water partition coefficient (Wildman–Crippen LogP) is 1.78. The van der Waals surface area contributed by atoms with E-state index in [1.165, 1.54) is 18.2 Å². The normalized spacial score (nSPS) is 10.4. The van der Waals surface area contributed by atoms with Gasteiger partial charge in [0.1, 0.15) is 5.82 Å². The minimum atomic E-state index is -0.370. The van der Waals surface area contributed by atoms with Gasteiger partial charge < -0.3 is 10.6 Å². The summed E-state index contributed by atoms with van der Waals surface area (Å²) in [5, 5.41) is 5.38. The summed E-state index contributed by atoms with van der Waals surface area (Å²) in [5.74, 6) is -0.772. The Morgan fingerprint density at radius 2 is 2.00 bits per heavy atom. The molecule has 19 heavy (non-hydrogen) atoms. The molecule has 2 N–H and O–H groups in total. The molecule has 0 bridgehead atoms. The zero-order valence-corrected chi connectivity index (χ0v) is 11.4. The number of rotatable bonds is 5. The Labute approximate surface area is 112 Å². The van der Waals surface area contributed by atoms with E-state index in [1.807, 2.05) is 13.8 Å². The summed E-state index contributed by atoms with van der Waals surface area (Å²) < 4.78 is 12.9. The molecule has 0 aromatic heterocycles. The molecule has 0 spiro atoms. The van der Waals surface area contributed by atoms with Crippen LogP contribution in [0.25, 0.3) is 0 Å². The van der Waals surface area contributed by atoms with Crippen molar-refractivity contribution in [3.8, 4) is 0 Å². The molecule has 0 atom stereocenters. The Hall–Kier alpha value is -1.91. The molecular weight excluding hydrogens is 247 g/mol. The number of hydrogen-bond donors (Lipinski definition) is 2. The maximum absolute atomic E-state index is 12.9. The smallest absolute Gasteiger partial charge is 0.251 e. The van der Waals surface area contributed by atoms with Crippen molar-refractivity contribution in [2.45, 2.75) is 33.2 Å². The van der Waals surface area contributed by atoms with Crippen molar-refractivity contribution in [3.05, 3.63) is 35.1 Å². The van der Waals surface area contributed by atoms with Gasteiger partial charge in [0.25, 0.3) is 5.91 Å². The number of nitrogens with one attached hydrogen (secondary N) is 2. The quantitative estimate of drug-likeness (QED) is 0.853. The van der Waals surface area contributed by atoms with Crippen molar-refractivity contribution in [2.24, 2.45) is 0 Å².